The van der Waals surface area contributed by atoms with Crippen LogP contribution in [-0.4, -0.2) is 20.2 Å². The summed E-state index contributed by atoms with van der Waals surface area (Å²) in [4.78, 5) is 21.9. The number of rotatable bonds is 5. The molecule has 138 valence electrons. The number of hydrogen-bond acceptors (Lipinski definition) is 7. The third-order valence-electron chi connectivity index (χ3n) is 4.37. The molecule has 0 unspecified atom stereocenters. The first-order valence-corrected chi connectivity index (χ1v) is 10.2. The number of nitrogens with zero attached hydrogens (tertiary/aromatic N) is 3. The van der Waals surface area contributed by atoms with Crippen molar-refractivity contribution in [2.45, 2.75) is 37.7 Å². The Kier molecular flexibility index (Phi) is 4.84. The smallest absolute Gasteiger partial charge is 0.277 e. The minimum Gasteiger partial charge on any atom is -0.416 e. The molecule has 0 radical (unpaired) electrons. The number of thioether (sulfide) groups is 1. The summed E-state index contributed by atoms with van der Waals surface area (Å²) in [5, 5.41) is 9.26. The molecule has 8 heteroatoms. The molecular weight excluding hydrogens is 380 g/mol. The summed E-state index contributed by atoms with van der Waals surface area (Å²) in [6, 6.07) is 9.98. The molecule has 0 aliphatic rings. The summed E-state index contributed by atoms with van der Waals surface area (Å²) in [5.74, 6) is 1.18. The average molecular weight is 399 g/mol. The van der Waals surface area contributed by atoms with Gasteiger partial charge in [0.05, 0.1) is 17.1 Å². The van der Waals surface area contributed by atoms with E-state index in [1.54, 1.807) is 11.3 Å². The molecule has 0 saturated heterocycles. The van der Waals surface area contributed by atoms with Crippen molar-refractivity contribution in [2.75, 3.05) is 0 Å². The zero-order valence-corrected chi connectivity index (χ0v) is 16.8. The third-order valence-corrected chi connectivity index (χ3v) is 6.41. The second kappa shape index (κ2) is 7.28. The summed E-state index contributed by atoms with van der Waals surface area (Å²) in [6.07, 6.45) is 0.595. The highest BCUT2D eigenvalue weighted by molar-refractivity contribution is 7.99. The van der Waals surface area contributed by atoms with Gasteiger partial charge in [0.2, 0.25) is 5.89 Å². The van der Waals surface area contributed by atoms with Crippen molar-refractivity contribution < 1.29 is 4.42 Å². The van der Waals surface area contributed by atoms with Gasteiger partial charge < -0.3 is 9.40 Å². The standard InChI is InChI=1S/C19H18N4O2S2/c1-10-11(2)26-18-15(10)17(24)20-16(21-18)12(3)27-19-23-22-14(25-19)9-13-7-5-4-6-8-13/h4-8,12H,9H2,1-3H3,(H,20,21,24)/t12-/m0/s1. The number of hydrogen-bond donors (Lipinski definition) is 1. The Bertz CT molecular complexity index is 1150. The van der Waals surface area contributed by atoms with Crippen LogP contribution in [0.15, 0.2) is 44.8 Å². The highest BCUT2D eigenvalue weighted by atomic mass is 32.2. The van der Waals surface area contributed by atoms with Crippen molar-refractivity contribution >= 4 is 33.3 Å². The summed E-state index contributed by atoms with van der Waals surface area (Å²) in [6.45, 7) is 5.92. The lowest BCUT2D eigenvalue weighted by Gasteiger charge is -2.07. The number of aromatic nitrogens is 4. The third kappa shape index (κ3) is 3.68. The molecule has 0 bridgehead atoms. The normalized spacial score (nSPS) is 12.6. The van der Waals surface area contributed by atoms with Crippen LogP contribution >= 0.6 is 23.1 Å². The maximum Gasteiger partial charge on any atom is 0.277 e. The van der Waals surface area contributed by atoms with Gasteiger partial charge in [-0.05, 0) is 31.9 Å². The quantitative estimate of drug-likeness (QED) is 0.501. The van der Waals surface area contributed by atoms with E-state index in [2.05, 4.69) is 20.2 Å². The van der Waals surface area contributed by atoms with Crippen LogP contribution < -0.4 is 5.56 Å². The number of thiophene rings is 1. The van der Waals surface area contributed by atoms with Gasteiger partial charge in [0.1, 0.15) is 10.7 Å². The summed E-state index contributed by atoms with van der Waals surface area (Å²) in [5.41, 5.74) is 2.02. The number of benzene rings is 1. The van der Waals surface area contributed by atoms with Crippen molar-refractivity contribution in [1.29, 1.82) is 0 Å². The van der Waals surface area contributed by atoms with E-state index in [0.717, 1.165) is 20.8 Å². The fourth-order valence-corrected chi connectivity index (χ4v) is 4.59. The highest BCUT2D eigenvalue weighted by Gasteiger charge is 2.18. The van der Waals surface area contributed by atoms with E-state index < -0.39 is 0 Å². The summed E-state index contributed by atoms with van der Waals surface area (Å²) in [7, 11) is 0. The van der Waals surface area contributed by atoms with Gasteiger partial charge in [0, 0.05) is 4.88 Å². The fourth-order valence-electron chi connectivity index (χ4n) is 2.80. The first-order valence-electron chi connectivity index (χ1n) is 8.54. The lowest BCUT2D eigenvalue weighted by molar-refractivity contribution is 0.419. The molecule has 4 aromatic rings. The van der Waals surface area contributed by atoms with E-state index in [9.17, 15) is 4.79 Å². The number of aryl methyl sites for hydroxylation is 2. The number of aromatic amines is 1. The molecule has 0 fully saturated rings. The zero-order valence-electron chi connectivity index (χ0n) is 15.1. The maximum atomic E-state index is 12.4. The SMILES string of the molecule is Cc1sc2nc([C@H](C)Sc3nnc(Cc4ccccc4)o3)[nH]c(=O)c2c1C. The Morgan fingerprint density at radius 1 is 1.22 bits per heavy atom. The van der Waals surface area contributed by atoms with Crippen molar-refractivity contribution in [2.24, 2.45) is 0 Å². The molecule has 0 spiro atoms. The number of fused-ring (bicyclic) bond motifs is 1. The second-order valence-corrected chi connectivity index (χ2v) is 8.79. The first-order chi connectivity index (χ1) is 13.0. The van der Waals surface area contributed by atoms with E-state index in [0.29, 0.717) is 28.7 Å². The molecule has 3 heterocycles. The molecular formula is C19H18N4O2S2. The van der Waals surface area contributed by atoms with Crippen LogP contribution in [0.5, 0.6) is 0 Å². The average Bonchev–Trinajstić information content (AvgIpc) is 3.20. The monoisotopic (exact) mass is 398 g/mol. The molecule has 4 rings (SSSR count). The lowest BCUT2D eigenvalue weighted by atomic mass is 10.2. The predicted molar refractivity (Wildman–Crippen MR) is 108 cm³/mol. The van der Waals surface area contributed by atoms with Crippen molar-refractivity contribution in [3.8, 4) is 0 Å². The Morgan fingerprint density at radius 2 is 2.00 bits per heavy atom. The van der Waals surface area contributed by atoms with Crippen LogP contribution in [0, 0.1) is 13.8 Å². The van der Waals surface area contributed by atoms with Gasteiger partial charge in [-0.3, -0.25) is 4.79 Å². The summed E-state index contributed by atoms with van der Waals surface area (Å²) >= 11 is 2.93. The molecule has 6 nitrogen and oxygen atoms in total. The minimum atomic E-state index is -0.116. The molecule has 27 heavy (non-hydrogen) atoms. The van der Waals surface area contributed by atoms with Gasteiger partial charge in [-0.15, -0.1) is 21.5 Å². The maximum absolute atomic E-state index is 12.4. The largest absolute Gasteiger partial charge is 0.416 e. The Morgan fingerprint density at radius 3 is 2.78 bits per heavy atom. The van der Waals surface area contributed by atoms with E-state index in [-0.39, 0.29) is 10.8 Å². The van der Waals surface area contributed by atoms with Crippen molar-refractivity contribution in [1.82, 2.24) is 20.2 Å². The zero-order chi connectivity index (χ0) is 19.0. The topological polar surface area (TPSA) is 84.7 Å². The Balaban J connectivity index is 1.53. The molecule has 1 N–H and O–H groups in total. The van der Waals surface area contributed by atoms with Crippen LogP contribution in [0.1, 0.15) is 39.9 Å². The van der Waals surface area contributed by atoms with E-state index in [1.165, 1.54) is 11.8 Å². The molecule has 1 aromatic carbocycles. The molecule has 0 aliphatic carbocycles. The van der Waals surface area contributed by atoms with Crippen molar-refractivity contribution in [3.05, 3.63) is 68.4 Å². The van der Waals surface area contributed by atoms with E-state index in [4.69, 9.17) is 4.42 Å². The minimum absolute atomic E-state index is 0.0976. The highest BCUT2D eigenvalue weighted by Crippen LogP contribution is 2.33. The predicted octanol–water partition coefficient (Wildman–Crippen LogP) is 4.43. The van der Waals surface area contributed by atoms with Gasteiger partial charge in [-0.25, -0.2) is 4.98 Å². The number of H-pyrrole nitrogens is 1. The van der Waals surface area contributed by atoms with Gasteiger partial charge in [-0.1, -0.05) is 42.1 Å². The van der Waals surface area contributed by atoms with Crippen LogP contribution in [0.2, 0.25) is 0 Å². The molecule has 0 aliphatic heterocycles. The second-order valence-electron chi connectivity index (χ2n) is 6.30. The first kappa shape index (κ1) is 17.9. The van der Waals surface area contributed by atoms with Crippen LogP contribution in [-0.2, 0) is 6.42 Å². The molecule has 3 aromatic heterocycles. The number of nitrogens with one attached hydrogen (secondary N) is 1. The lowest BCUT2D eigenvalue weighted by Crippen LogP contribution is -2.12. The Labute approximate surface area is 164 Å². The van der Waals surface area contributed by atoms with Crippen molar-refractivity contribution in [3.63, 3.8) is 0 Å². The molecule has 0 amide bonds. The van der Waals surface area contributed by atoms with Gasteiger partial charge >= 0.3 is 0 Å². The Hall–Kier alpha value is -2.45. The van der Waals surface area contributed by atoms with Crippen LogP contribution in [0.3, 0.4) is 0 Å². The van der Waals surface area contributed by atoms with Gasteiger partial charge in [0.15, 0.2) is 0 Å². The van der Waals surface area contributed by atoms with Crippen LogP contribution in [0.25, 0.3) is 10.2 Å². The summed E-state index contributed by atoms with van der Waals surface area (Å²) < 4.78 is 5.74. The van der Waals surface area contributed by atoms with E-state index in [1.807, 2.05) is 51.1 Å². The van der Waals surface area contributed by atoms with Crippen LogP contribution in [0.4, 0.5) is 0 Å². The van der Waals surface area contributed by atoms with Gasteiger partial charge in [0.25, 0.3) is 10.8 Å². The van der Waals surface area contributed by atoms with E-state index >= 15 is 0 Å². The fraction of sp³-hybridized carbons (Fsp3) is 0.263. The molecule has 1 atom stereocenters. The van der Waals surface area contributed by atoms with Gasteiger partial charge in [-0.2, -0.15) is 0 Å². The molecule has 0 saturated carbocycles.